The normalized spacial score (nSPS) is 10.6. The van der Waals surface area contributed by atoms with Crippen LogP contribution in [-0.4, -0.2) is 33.2 Å². The van der Waals surface area contributed by atoms with Crippen molar-refractivity contribution in [1.29, 1.82) is 0 Å². The second-order valence-electron chi connectivity index (χ2n) is 6.09. The van der Waals surface area contributed by atoms with Gasteiger partial charge < -0.3 is 14.5 Å². The number of hydrogen-bond donors (Lipinski definition) is 1. The third-order valence-corrected chi connectivity index (χ3v) is 4.78. The molecule has 0 radical (unpaired) electrons. The number of nitro groups is 1. The molecule has 0 saturated carbocycles. The van der Waals surface area contributed by atoms with Crippen molar-refractivity contribution >= 4 is 34.6 Å². The monoisotopic (exact) mass is 432 g/mol. The molecule has 2 heterocycles. The fourth-order valence-electron chi connectivity index (χ4n) is 2.44. The molecule has 0 bridgehead atoms. The van der Waals surface area contributed by atoms with Crippen LogP contribution < -0.4 is 11.1 Å². The number of anilines is 1. The summed E-state index contributed by atoms with van der Waals surface area (Å²) in [6, 6.07) is 7.76. The molecule has 1 aromatic carbocycles. The van der Waals surface area contributed by atoms with Crippen LogP contribution in [0.25, 0.3) is 10.8 Å². The van der Waals surface area contributed by atoms with Crippen LogP contribution in [0.4, 0.5) is 11.4 Å². The molecule has 0 spiro atoms. The molecule has 0 fully saturated rings. The van der Waals surface area contributed by atoms with Crippen molar-refractivity contribution in [2.24, 2.45) is 0 Å². The number of ether oxygens (including phenoxy) is 1. The third kappa shape index (κ3) is 5.17. The molecule has 12 heteroatoms. The summed E-state index contributed by atoms with van der Waals surface area (Å²) in [5.74, 6) is -1.91. The Morgan fingerprint density at radius 1 is 1.37 bits per heavy atom. The highest BCUT2D eigenvalue weighted by Gasteiger charge is 2.15. The minimum Gasteiger partial charge on any atom is -0.456 e. The number of thiophene rings is 1. The van der Waals surface area contributed by atoms with Gasteiger partial charge in [-0.05, 0) is 24.4 Å². The van der Waals surface area contributed by atoms with Crippen LogP contribution in [0.1, 0.15) is 12.0 Å². The Morgan fingerprint density at radius 2 is 2.17 bits per heavy atom. The summed E-state index contributed by atoms with van der Waals surface area (Å²) in [4.78, 5) is 46.6. The largest absolute Gasteiger partial charge is 0.456 e. The lowest BCUT2D eigenvalue weighted by Gasteiger charge is -2.07. The number of nitro benzene ring substituents is 1. The Labute approximate surface area is 173 Å². The molecule has 2 aromatic heterocycles. The Kier molecular flexibility index (Phi) is 6.37. The van der Waals surface area contributed by atoms with Gasteiger partial charge >= 0.3 is 11.7 Å². The molecule has 156 valence electrons. The molecule has 0 aliphatic rings. The fourth-order valence-corrected chi connectivity index (χ4v) is 3.09. The quantitative estimate of drug-likeness (QED) is 0.324. The van der Waals surface area contributed by atoms with Gasteiger partial charge in [-0.25, -0.2) is 4.79 Å². The van der Waals surface area contributed by atoms with Crippen LogP contribution in [0.15, 0.2) is 44.9 Å². The van der Waals surface area contributed by atoms with Gasteiger partial charge in [0.15, 0.2) is 6.61 Å². The molecule has 3 rings (SSSR count). The van der Waals surface area contributed by atoms with E-state index in [0.717, 1.165) is 4.68 Å². The van der Waals surface area contributed by atoms with E-state index >= 15 is 0 Å². The summed E-state index contributed by atoms with van der Waals surface area (Å²) < 4.78 is 10.9. The van der Waals surface area contributed by atoms with Gasteiger partial charge in [-0.3, -0.25) is 19.7 Å². The first-order chi connectivity index (χ1) is 14.3. The SMILES string of the molecule is Cc1ccc(NC(=O)COC(=O)CCn2nc(-c3cccs3)oc2=O)cc1[N+](=O)[O-]. The minimum atomic E-state index is -0.715. The maximum absolute atomic E-state index is 11.9. The van der Waals surface area contributed by atoms with Gasteiger partial charge in [0.2, 0.25) is 0 Å². The Bertz CT molecular complexity index is 1130. The molecule has 30 heavy (non-hydrogen) atoms. The van der Waals surface area contributed by atoms with Crippen molar-refractivity contribution in [3.8, 4) is 10.8 Å². The molecule has 0 saturated heterocycles. The van der Waals surface area contributed by atoms with E-state index in [1.807, 2.05) is 5.38 Å². The molecule has 1 N–H and O–H groups in total. The molecule has 0 atom stereocenters. The Hall–Kier alpha value is -3.80. The molecular formula is C18H16N4O7S. The molecule has 0 unspecified atom stereocenters. The van der Waals surface area contributed by atoms with Crippen molar-refractivity contribution in [3.63, 3.8) is 0 Å². The van der Waals surface area contributed by atoms with Crippen molar-refractivity contribution in [3.05, 3.63) is 61.9 Å². The zero-order valence-electron chi connectivity index (χ0n) is 15.7. The molecule has 0 aliphatic carbocycles. The number of carbonyl (C=O) groups is 2. The maximum Gasteiger partial charge on any atom is 0.437 e. The van der Waals surface area contributed by atoms with E-state index in [1.165, 1.54) is 29.5 Å². The highest BCUT2D eigenvalue weighted by Crippen LogP contribution is 2.22. The highest BCUT2D eigenvalue weighted by molar-refractivity contribution is 7.13. The predicted octanol–water partition coefficient (Wildman–Crippen LogP) is 2.35. The molecule has 0 aliphatic heterocycles. The van der Waals surface area contributed by atoms with E-state index in [9.17, 15) is 24.5 Å². The fraction of sp³-hybridized carbons (Fsp3) is 0.222. The summed E-state index contributed by atoms with van der Waals surface area (Å²) in [7, 11) is 0. The second-order valence-corrected chi connectivity index (χ2v) is 7.04. The smallest absolute Gasteiger partial charge is 0.437 e. The molecule has 1 amide bonds. The Morgan fingerprint density at radius 3 is 2.87 bits per heavy atom. The zero-order chi connectivity index (χ0) is 21.7. The number of aromatic nitrogens is 2. The van der Waals surface area contributed by atoms with Crippen LogP contribution in [0.3, 0.4) is 0 Å². The van der Waals surface area contributed by atoms with Crippen LogP contribution >= 0.6 is 11.3 Å². The summed E-state index contributed by atoms with van der Waals surface area (Å²) in [5, 5.41) is 19.2. The standard InChI is InChI=1S/C18H16N4O7S/c1-11-4-5-12(9-13(11)22(26)27)19-15(23)10-28-16(24)6-7-21-18(25)29-17(20-21)14-3-2-8-30-14/h2-5,8-9H,6-7,10H2,1H3,(H,19,23). The summed E-state index contributed by atoms with van der Waals surface area (Å²) >= 11 is 1.36. The topological polar surface area (TPSA) is 147 Å². The number of benzene rings is 1. The van der Waals surface area contributed by atoms with E-state index < -0.39 is 29.2 Å². The van der Waals surface area contributed by atoms with E-state index in [0.29, 0.717) is 10.4 Å². The summed E-state index contributed by atoms with van der Waals surface area (Å²) in [5.41, 5.74) is 0.531. The number of esters is 1. The van der Waals surface area contributed by atoms with Gasteiger partial charge in [0.05, 0.1) is 22.8 Å². The lowest BCUT2D eigenvalue weighted by Crippen LogP contribution is -2.23. The maximum atomic E-state index is 11.9. The lowest BCUT2D eigenvalue weighted by atomic mass is 10.2. The zero-order valence-corrected chi connectivity index (χ0v) is 16.5. The number of nitrogens with one attached hydrogen (secondary N) is 1. The van der Waals surface area contributed by atoms with Crippen molar-refractivity contribution in [2.45, 2.75) is 19.9 Å². The number of nitrogens with zero attached hydrogens (tertiary/aromatic N) is 3. The number of amides is 1. The van der Waals surface area contributed by atoms with E-state index in [-0.39, 0.29) is 30.2 Å². The van der Waals surface area contributed by atoms with Crippen LogP contribution in [0, 0.1) is 17.0 Å². The average Bonchev–Trinajstić information content (AvgIpc) is 3.36. The number of carbonyl (C=O) groups excluding carboxylic acids is 2. The lowest BCUT2D eigenvalue weighted by molar-refractivity contribution is -0.385. The van der Waals surface area contributed by atoms with Gasteiger partial charge in [0.25, 0.3) is 17.5 Å². The first kappa shape index (κ1) is 20.9. The highest BCUT2D eigenvalue weighted by atomic mass is 32.1. The van der Waals surface area contributed by atoms with Crippen molar-refractivity contribution in [2.75, 3.05) is 11.9 Å². The first-order valence-electron chi connectivity index (χ1n) is 8.66. The van der Waals surface area contributed by atoms with E-state index in [1.54, 1.807) is 19.1 Å². The van der Waals surface area contributed by atoms with Gasteiger partial charge in [0, 0.05) is 17.3 Å². The average molecular weight is 432 g/mol. The summed E-state index contributed by atoms with van der Waals surface area (Å²) in [6.07, 6.45) is -0.195. The van der Waals surface area contributed by atoms with E-state index in [2.05, 4.69) is 10.4 Å². The van der Waals surface area contributed by atoms with Gasteiger partial charge in [-0.15, -0.1) is 16.4 Å². The summed E-state index contributed by atoms with van der Waals surface area (Å²) in [6.45, 7) is 0.933. The number of hydrogen-bond acceptors (Lipinski definition) is 9. The minimum absolute atomic E-state index is 0.0711. The molecule has 3 aromatic rings. The third-order valence-electron chi connectivity index (χ3n) is 3.92. The van der Waals surface area contributed by atoms with Crippen LogP contribution in [0.2, 0.25) is 0 Å². The van der Waals surface area contributed by atoms with Gasteiger partial charge in [-0.1, -0.05) is 12.1 Å². The van der Waals surface area contributed by atoms with Crippen molar-refractivity contribution < 1.29 is 23.7 Å². The van der Waals surface area contributed by atoms with Gasteiger partial charge in [-0.2, -0.15) is 4.68 Å². The van der Waals surface area contributed by atoms with Crippen LogP contribution in [0.5, 0.6) is 0 Å². The first-order valence-corrected chi connectivity index (χ1v) is 9.54. The Balaban J connectivity index is 1.48. The molecular weight excluding hydrogens is 416 g/mol. The van der Waals surface area contributed by atoms with Crippen molar-refractivity contribution in [1.82, 2.24) is 9.78 Å². The van der Waals surface area contributed by atoms with Gasteiger partial charge in [0.1, 0.15) is 0 Å². The molecule has 11 nitrogen and oxygen atoms in total. The second kappa shape index (κ2) is 9.13. The van der Waals surface area contributed by atoms with Crippen LogP contribution in [-0.2, 0) is 20.9 Å². The van der Waals surface area contributed by atoms with E-state index in [4.69, 9.17) is 9.15 Å². The number of aryl methyl sites for hydroxylation is 2. The predicted molar refractivity (Wildman–Crippen MR) is 106 cm³/mol. The number of rotatable bonds is 8.